The molecule has 24 heavy (non-hydrogen) atoms. The number of amides is 1. The Hall–Kier alpha value is -1.98. The lowest BCUT2D eigenvalue weighted by Gasteiger charge is -2.19. The van der Waals surface area contributed by atoms with E-state index in [4.69, 9.17) is 4.74 Å². The highest BCUT2D eigenvalue weighted by molar-refractivity contribution is 8.13. The summed E-state index contributed by atoms with van der Waals surface area (Å²) < 4.78 is 5.93. The van der Waals surface area contributed by atoms with Gasteiger partial charge in [0.15, 0.2) is 0 Å². The molecule has 1 N–H and O–H groups in total. The Morgan fingerprint density at radius 3 is 2.58 bits per heavy atom. The van der Waals surface area contributed by atoms with Crippen LogP contribution in [0.1, 0.15) is 29.2 Å². The average Bonchev–Trinajstić information content (AvgIpc) is 2.59. The minimum Gasteiger partial charge on any atom is -0.489 e. The third-order valence-electron chi connectivity index (χ3n) is 3.84. The minimum absolute atomic E-state index is 0.284. The van der Waals surface area contributed by atoms with E-state index in [0.717, 1.165) is 40.6 Å². The number of hydrogen-bond acceptors (Lipinski definition) is 4. The van der Waals surface area contributed by atoms with Crippen LogP contribution >= 0.6 is 11.8 Å². The Balaban J connectivity index is 2.28. The van der Waals surface area contributed by atoms with Crippen molar-refractivity contribution in [2.75, 3.05) is 11.3 Å². The first-order valence-corrected chi connectivity index (χ1v) is 9.07. The summed E-state index contributed by atoms with van der Waals surface area (Å²) in [6, 6.07) is 11.6. The van der Waals surface area contributed by atoms with E-state index in [1.54, 1.807) is 12.3 Å². The van der Waals surface area contributed by atoms with E-state index in [1.807, 2.05) is 38.1 Å². The van der Waals surface area contributed by atoms with E-state index in [0.29, 0.717) is 10.8 Å². The highest BCUT2D eigenvalue weighted by atomic mass is 32.2. The lowest BCUT2D eigenvalue weighted by atomic mass is 10.1. The number of benzene rings is 2. The molecule has 1 amide bonds. The Kier molecular flexibility index (Phi) is 6.29. The van der Waals surface area contributed by atoms with Gasteiger partial charge in [-0.2, -0.15) is 5.06 Å². The predicted molar refractivity (Wildman–Crippen MR) is 99.2 cm³/mol. The van der Waals surface area contributed by atoms with Crippen LogP contribution in [0.3, 0.4) is 0 Å². The standard InChI is InChI=1S/C19H23NO3S/c1-5-15-7-8-17(20(22)19(21)24-4)16(11-15)12-23-18-9-6-13(2)10-14(18)3/h6-11,22H,5,12H2,1-4H3. The molecular weight excluding hydrogens is 322 g/mol. The van der Waals surface area contributed by atoms with Gasteiger partial charge in [-0.3, -0.25) is 10.0 Å². The van der Waals surface area contributed by atoms with Crippen LogP contribution in [0.4, 0.5) is 10.5 Å². The van der Waals surface area contributed by atoms with Gasteiger partial charge in [0.1, 0.15) is 12.4 Å². The molecule has 0 saturated heterocycles. The Morgan fingerprint density at radius 1 is 1.21 bits per heavy atom. The largest absolute Gasteiger partial charge is 0.489 e. The molecule has 0 aliphatic heterocycles. The fourth-order valence-corrected chi connectivity index (χ4v) is 2.75. The molecule has 4 nitrogen and oxygen atoms in total. The molecule has 2 rings (SSSR count). The van der Waals surface area contributed by atoms with Crippen LogP contribution in [0.5, 0.6) is 5.75 Å². The van der Waals surface area contributed by atoms with E-state index in [-0.39, 0.29) is 6.61 Å². The fourth-order valence-electron chi connectivity index (χ4n) is 2.48. The second kappa shape index (κ2) is 8.22. The number of rotatable bonds is 5. The fraction of sp³-hybridized carbons (Fsp3) is 0.316. The van der Waals surface area contributed by atoms with Crippen molar-refractivity contribution in [3.8, 4) is 5.75 Å². The Labute approximate surface area is 147 Å². The van der Waals surface area contributed by atoms with Crippen LogP contribution in [0, 0.1) is 13.8 Å². The summed E-state index contributed by atoms with van der Waals surface area (Å²) in [5, 5.41) is 10.4. The van der Waals surface area contributed by atoms with Gasteiger partial charge in [-0.05, 0) is 49.8 Å². The number of thioether (sulfide) groups is 1. The van der Waals surface area contributed by atoms with Crippen LogP contribution in [0.25, 0.3) is 0 Å². The predicted octanol–water partition coefficient (Wildman–Crippen LogP) is 5.12. The Morgan fingerprint density at radius 2 is 1.96 bits per heavy atom. The minimum atomic E-state index is -0.424. The van der Waals surface area contributed by atoms with Crippen molar-refractivity contribution in [1.82, 2.24) is 0 Å². The summed E-state index contributed by atoms with van der Waals surface area (Å²) in [7, 11) is 0. The summed E-state index contributed by atoms with van der Waals surface area (Å²) in [4.78, 5) is 11.8. The number of carbonyl (C=O) groups excluding carboxylic acids is 1. The summed E-state index contributed by atoms with van der Waals surface area (Å²) in [5.41, 5.74) is 4.60. The molecule has 0 aliphatic rings. The molecule has 0 aliphatic carbocycles. The summed E-state index contributed by atoms with van der Waals surface area (Å²) >= 11 is 0.961. The molecule has 0 bridgehead atoms. The number of ether oxygens (including phenoxy) is 1. The van der Waals surface area contributed by atoms with Gasteiger partial charge in [0.2, 0.25) is 0 Å². The maximum Gasteiger partial charge on any atom is 0.309 e. The van der Waals surface area contributed by atoms with Gasteiger partial charge in [0, 0.05) is 5.56 Å². The summed E-state index contributed by atoms with van der Waals surface area (Å²) in [5.74, 6) is 0.800. The van der Waals surface area contributed by atoms with Crippen LogP contribution in [0.15, 0.2) is 36.4 Å². The number of hydrogen-bond donors (Lipinski definition) is 1. The van der Waals surface area contributed by atoms with E-state index in [1.165, 1.54) is 5.56 Å². The molecule has 5 heteroatoms. The molecule has 0 fully saturated rings. The first-order valence-electron chi connectivity index (χ1n) is 7.85. The van der Waals surface area contributed by atoms with Gasteiger partial charge in [-0.15, -0.1) is 0 Å². The lowest BCUT2D eigenvalue weighted by Crippen LogP contribution is -2.24. The highest BCUT2D eigenvalue weighted by Gasteiger charge is 2.17. The van der Waals surface area contributed by atoms with Crippen molar-refractivity contribution >= 4 is 22.7 Å². The molecule has 0 saturated carbocycles. The monoisotopic (exact) mass is 345 g/mol. The van der Waals surface area contributed by atoms with Crippen LogP contribution in [-0.2, 0) is 13.0 Å². The molecule has 0 aromatic heterocycles. The number of nitrogens with zero attached hydrogens (tertiary/aromatic N) is 1. The van der Waals surface area contributed by atoms with Gasteiger partial charge in [-0.1, -0.05) is 48.5 Å². The van der Waals surface area contributed by atoms with Gasteiger partial charge in [0.05, 0.1) is 5.69 Å². The van der Waals surface area contributed by atoms with Crippen molar-refractivity contribution in [1.29, 1.82) is 0 Å². The zero-order valence-corrected chi connectivity index (χ0v) is 15.3. The quantitative estimate of drug-likeness (QED) is 0.603. The van der Waals surface area contributed by atoms with Crippen LogP contribution in [0.2, 0.25) is 0 Å². The SMILES string of the molecule is CCc1ccc(N(O)C(=O)SC)c(COc2ccc(C)cc2C)c1. The first-order chi connectivity index (χ1) is 11.5. The highest BCUT2D eigenvalue weighted by Crippen LogP contribution is 2.26. The maximum atomic E-state index is 11.8. The van der Waals surface area contributed by atoms with Crippen molar-refractivity contribution in [3.05, 3.63) is 58.7 Å². The molecule has 128 valence electrons. The molecule has 0 unspecified atom stereocenters. The van der Waals surface area contributed by atoms with E-state index >= 15 is 0 Å². The van der Waals surface area contributed by atoms with E-state index in [9.17, 15) is 10.0 Å². The third kappa shape index (κ3) is 4.30. The number of hydroxylamine groups is 1. The molecule has 0 spiro atoms. The van der Waals surface area contributed by atoms with Gasteiger partial charge in [-0.25, -0.2) is 0 Å². The average molecular weight is 345 g/mol. The molecule has 2 aromatic rings. The normalized spacial score (nSPS) is 10.5. The second-order valence-electron chi connectivity index (χ2n) is 5.66. The summed E-state index contributed by atoms with van der Waals surface area (Å²) in [6.07, 6.45) is 2.51. The van der Waals surface area contributed by atoms with Crippen molar-refractivity contribution in [2.24, 2.45) is 0 Å². The van der Waals surface area contributed by atoms with Gasteiger partial charge >= 0.3 is 5.24 Å². The topological polar surface area (TPSA) is 49.8 Å². The first kappa shape index (κ1) is 18.4. The Bertz CT molecular complexity index is 731. The van der Waals surface area contributed by atoms with E-state index < -0.39 is 5.24 Å². The third-order valence-corrected chi connectivity index (χ3v) is 4.36. The lowest BCUT2D eigenvalue weighted by molar-refractivity contribution is 0.223. The van der Waals surface area contributed by atoms with Gasteiger partial charge in [0.25, 0.3) is 0 Å². The molecule has 0 heterocycles. The molecule has 2 aromatic carbocycles. The smallest absolute Gasteiger partial charge is 0.309 e. The van der Waals surface area contributed by atoms with Crippen molar-refractivity contribution in [2.45, 2.75) is 33.8 Å². The van der Waals surface area contributed by atoms with Crippen molar-refractivity contribution in [3.63, 3.8) is 0 Å². The maximum absolute atomic E-state index is 11.8. The van der Waals surface area contributed by atoms with Crippen LogP contribution < -0.4 is 9.80 Å². The van der Waals surface area contributed by atoms with Crippen LogP contribution in [-0.4, -0.2) is 16.7 Å². The van der Waals surface area contributed by atoms with Gasteiger partial charge < -0.3 is 4.74 Å². The molecular formula is C19H23NO3S. The number of aryl methyl sites for hydroxylation is 3. The van der Waals surface area contributed by atoms with E-state index in [2.05, 4.69) is 13.0 Å². The zero-order valence-electron chi connectivity index (χ0n) is 14.5. The summed E-state index contributed by atoms with van der Waals surface area (Å²) in [6.45, 7) is 6.39. The number of carbonyl (C=O) groups is 1. The number of anilines is 1. The van der Waals surface area contributed by atoms with Crippen molar-refractivity contribution < 1.29 is 14.7 Å². The molecule has 0 radical (unpaired) electrons. The second-order valence-corrected chi connectivity index (χ2v) is 6.41. The zero-order chi connectivity index (χ0) is 17.7. The molecule has 0 atom stereocenters.